The average molecular weight is 299 g/mol. The Kier molecular flexibility index (Phi) is 8.77. The first-order chi connectivity index (χ1) is 10.2. The van der Waals surface area contributed by atoms with Crippen molar-refractivity contribution in [1.82, 2.24) is 5.32 Å². The molecular weight excluding hydrogens is 274 g/mol. The number of ether oxygens (including phenoxy) is 4. The highest BCUT2D eigenvalue weighted by atomic mass is 16.5. The van der Waals surface area contributed by atoms with Crippen LogP contribution in [0.5, 0.6) is 11.5 Å². The highest BCUT2D eigenvalue weighted by Crippen LogP contribution is 2.18. The molecule has 120 valence electrons. The zero-order chi connectivity index (χ0) is 15.5. The fraction of sp³-hybridized carbons (Fsp3) is 0.600. The Morgan fingerprint density at radius 1 is 1.10 bits per heavy atom. The Hall–Kier alpha value is -1.34. The van der Waals surface area contributed by atoms with Gasteiger partial charge in [0.1, 0.15) is 24.2 Å². The molecule has 1 aromatic carbocycles. The maximum Gasteiger partial charge on any atom is 0.123 e. The van der Waals surface area contributed by atoms with E-state index in [1.165, 1.54) is 0 Å². The molecular formula is C15H25NO5. The highest BCUT2D eigenvalue weighted by Gasteiger charge is 2.09. The highest BCUT2D eigenvalue weighted by molar-refractivity contribution is 5.32. The summed E-state index contributed by atoms with van der Waals surface area (Å²) < 4.78 is 20.9. The van der Waals surface area contributed by atoms with Crippen molar-refractivity contribution in [2.45, 2.75) is 12.2 Å². The molecule has 1 rings (SSSR count). The largest absolute Gasteiger partial charge is 0.497 e. The van der Waals surface area contributed by atoms with E-state index in [2.05, 4.69) is 5.32 Å². The van der Waals surface area contributed by atoms with E-state index in [0.29, 0.717) is 25.4 Å². The van der Waals surface area contributed by atoms with E-state index in [4.69, 9.17) is 18.9 Å². The normalized spacial score (nSPS) is 13.7. The summed E-state index contributed by atoms with van der Waals surface area (Å²) in [7, 11) is 4.86. The summed E-state index contributed by atoms with van der Waals surface area (Å²) in [6, 6.07) is 7.28. The summed E-state index contributed by atoms with van der Waals surface area (Å²) in [6.45, 7) is 1.76. The van der Waals surface area contributed by atoms with Crippen molar-refractivity contribution in [1.29, 1.82) is 0 Å². The minimum absolute atomic E-state index is 0.0264. The molecule has 0 spiro atoms. The van der Waals surface area contributed by atoms with Crippen LogP contribution in [0.2, 0.25) is 0 Å². The Morgan fingerprint density at radius 2 is 1.86 bits per heavy atom. The zero-order valence-electron chi connectivity index (χ0n) is 12.9. The van der Waals surface area contributed by atoms with Crippen molar-refractivity contribution < 1.29 is 24.1 Å². The van der Waals surface area contributed by atoms with Crippen LogP contribution in [0.15, 0.2) is 24.3 Å². The molecule has 6 nitrogen and oxygen atoms in total. The Bertz CT molecular complexity index is 388. The second kappa shape index (κ2) is 10.4. The lowest BCUT2D eigenvalue weighted by molar-refractivity contribution is 0.0257. The molecule has 0 aliphatic rings. The van der Waals surface area contributed by atoms with Crippen LogP contribution in [0.1, 0.15) is 0 Å². The molecule has 0 saturated heterocycles. The molecule has 2 N–H and O–H groups in total. The van der Waals surface area contributed by atoms with Gasteiger partial charge in [0.05, 0.1) is 19.8 Å². The molecule has 0 aromatic heterocycles. The van der Waals surface area contributed by atoms with Gasteiger partial charge in [0.15, 0.2) is 0 Å². The van der Waals surface area contributed by atoms with Crippen LogP contribution in [-0.4, -0.2) is 64.9 Å². The second-order valence-electron chi connectivity index (χ2n) is 4.62. The van der Waals surface area contributed by atoms with Gasteiger partial charge in [-0.05, 0) is 12.1 Å². The molecule has 0 bridgehead atoms. The minimum atomic E-state index is -0.601. The summed E-state index contributed by atoms with van der Waals surface area (Å²) >= 11 is 0. The smallest absolute Gasteiger partial charge is 0.123 e. The van der Waals surface area contributed by atoms with E-state index in [9.17, 15) is 5.11 Å². The first kappa shape index (κ1) is 17.7. The van der Waals surface area contributed by atoms with Crippen LogP contribution in [-0.2, 0) is 9.47 Å². The van der Waals surface area contributed by atoms with Gasteiger partial charge in [-0.2, -0.15) is 0 Å². The maximum atomic E-state index is 9.86. The van der Waals surface area contributed by atoms with Crippen LogP contribution < -0.4 is 14.8 Å². The lowest BCUT2D eigenvalue weighted by Gasteiger charge is -2.17. The summed E-state index contributed by atoms with van der Waals surface area (Å²) in [5, 5.41) is 13.0. The quantitative estimate of drug-likeness (QED) is 0.626. The summed E-state index contributed by atoms with van der Waals surface area (Å²) in [5.74, 6) is 1.39. The van der Waals surface area contributed by atoms with Crippen LogP contribution in [0, 0.1) is 0 Å². The summed E-state index contributed by atoms with van der Waals surface area (Å²) in [4.78, 5) is 0. The van der Waals surface area contributed by atoms with Gasteiger partial charge in [-0.25, -0.2) is 0 Å². The first-order valence-electron chi connectivity index (χ1n) is 6.87. The van der Waals surface area contributed by atoms with Gasteiger partial charge in [-0.1, -0.05) is 6.07 Å². The molecule has 2 atom stereocenters. The predicted octanol–water partition coefficient (Wildman–Crippen LogP) is 0.686. The van der Waals surface area contributed by atoms with Crippen molar-refractivity contribution in [3.05, 3.63) is 24.3 Å². The van der Waals surface area contributed by atoms with Crippen LogP contribution in [0.4, 0.5) is 0 Å². The Labute approximate surface area is 126 Å². The van der Waals surface area contributed by atoms with Gasteiger partial charge in [0.25, 0.3) is 0 Å². The molecule has 2 unspecified atom stereocenters. The Balaban J connectivity index is 2.22. The Morgan fingerprint density at radius 3 is 2.52 bits per heavy atom. The summed E-state index contributed by atoms with van der Waals surface area (Å²) in [6.07, 6.45) is -0.627. The van der Waals surface area contributed by atoms with E-state index in [-0.39, 0.29) is 12.7 Å². The molecule has 6 heteroatoms. The number of benzene rings is 1. The molecule has 0 aliphatic carbocycles. The molecule has 0 heterocycles. The number of rotatable bonds is 11. The maximum absolute atomic E-state index is 9.86. The summed E-state index contributed by atoms with van der Waals surface area (Å²) in [5.41, 5.74) is 0. The van der Waals surface area contributed by atoms with E-state index < -0.39 is 6.10 Å². The second-order valence-corrected chi connectivity index (χ2v) is 4.62. The van der Waals surface area contributed by atoms with Crippen LogP contribution in [0.3, 0.4) is 0 Å². The molecule has 0 fully saturated rings. The molecule has 0 saturated carbocycles. The van der Waals surface area contributed by atoms with Gasteiger partial charge >= 0.3 is 0 Å². The lowest BCUT2D eigenvalue weighted by Crippen LogP contribution is -2.38. The monoisotopic (exact) mass is 299 g/mol. The van der Waals surface area contributed by atoms with Crippen LogP contribution >= 0.6 is 0 Å². The fourth-order valence-electron chi connectivity index (χ4n) is 1.75. The fourth-order valence-corrected chi connectivity index (χ4v) is 1.75. The number of nitrogens with one attached hydrogen (secondary N) is 1. The van der Waals surface area contributed by atoms with Gasteiger partial charge in [-0.15, -0.1) is 0 Å². The topological polar surface area (TPSA) is 69.2 Å². The molecule has 0 amide bonds. The van der Waals surface area contributed by atoms with E-state index >= 15 is 0 Å². The third-order valence-electron chi connectivity index (χ3n) is 2.92. The van der Waals surface area contributed by atoms with Gasteiger partial charge < -0.3 is 29.4 Å². The number of hydrogen-bond acceptors (Lipinski definition) is 6. The number of hydrogen-bond donors (Lipinski definition) is 2. The molecule has 0 aliphatic heterocycles. The molecule has 21 heavy (non-hydrogen) atoms. The average Bonchev–Trinajstić information content (AvgIpc) is 2.52. The van der Waals surface area contributed by atoms with Crippen molar-refractivity contribution in [2.75, 3.05) is 47.6 Å². The number of methoxy groups -OCH3 is 3. The third-order valence-corrected chi connectivity index (χ3v) is 2.92. The SMILES string of the molecule is COCC(CNCC(O)COc1cccc(OC)c1)OC. The molecule has 1 aromatic rings. The van der Waals surface area contributed by atoms with Crippen molar-refractivity contribution in [3.63, 3.8) is 0 Å². The van der Waals surface area contributed by atoms with Gasteiger partial charge in [0.2, 0.25) is 0 Å². The van der Waals surface area contributed by atoms with E-state index in [0.717, 1.165) is 5.75 Å². The standard InChI is InChI=1S/C15H25NO5/c1-18-11-15(20-3)9-16-8-12(17)10-21-14-6-4-5-13(7-14)19-2/h4-7,12,15-17H,8-11H2,1-3H3. The predicted molar refractivity (Wildman–Crippen MR) is 80.0 cm³/mol. The van der Waals surface area contributed by atoms with Crippen molar-refractivity contribution in [3.8, 4) is 11.5 Å². The zero-order valence-corrected chi connectivity index (χ0v) is 12.9. The molecule has 0 radical (unpaired) electrons. The van der Waals surface area contributed by atoms with E-state index in [1.54, 1.807) is 27.4 Å². The van der Waals surface area contributed by atoms with Crippen molar-refractivity contribution >= 4 is 0 Å². The lowest BCUT2D eigenvalue weighted by atomic mass is 10.3. The van der Waals surface area contributed by atoms with Crippen LogP contribution in [0.25, 0.3) is 0 Å². The van der Waals surface area contributed by atoms with E-state index in [1.807, 2.05) is 18.2 Å². The van der Waals surface area contributed by atoms with Gasteiger partial charge in [0, 0.05) is 33.4 Å². The number of aliphatic hydroxyl groups is 1. The third kappa shape index (κ3) is 7.29. The first-order valence-corrected chi connectivity index (χ1v) is 6.87. The van der Waals surface area contributed by atoms with Crippen molar-refractivity contribution in [2.24, 2.45) is 0 Å². The minimum Gasteiger partial charge on any atom is -0.497 e. The van der Waals surface area contributed by atoms with Gasteiger partial charge in [-0.3, -0.25) is 0 Å². The number of aliphatic hydroxyl groups excluding tert-OH is 1.